The molecule has 0 radical (unpaired) electrons. The van der Waals surface area contributed by atoms with Crippen LogP contribution in [0, 0.1) is 0 Å². The van der Waals surface area contributed by atoms with Crippen LogP contribution in [0.5, 0.6) is 0 Å². The third-order valence-electron chi connectivity index (χ3n) is 3.33. The van der Waals surface area contributed by atoms with E-state index < -0.39 is 12.1 Å². The molecule has 1 saturated heterocycles. The molecule has 0 amide bonds. The normalized spacial score (nSPS) is 21.4. The zero-order valence-corrected chi connectivity index (χ0v) is 11.3. The smallest absolute Gasteiger partial charge is 0.339 e. The summed E-state index contributed by atoms with van der Waals surface area (Å²) in [5.74, 6) is -0.462. The Morgan fingerprint density at radius 1 is 1.48 bits per heavy atom. The van der Waals surface area contributed by atoms with E-state index in [2.05, 4.69) is 20.0 Å². The summed E-state index contributed by atoms with van der Waals surface area (Å²) in [6.45, 7) is 0.684. The molecule has 0 unspecified atom stereocenters. The van der Waals surface area contributed by atoms with Gasteiger partial charge in [-0.1, -0.05) is 5.21 Å². The van der Waals surface area contributed by atoms with Gasteiger partial charge in [0.15, 0.2) is 0 Å². The number of rotatable bonds is 3. The molecule has 0 aliphatic carbocycles. The minimum absolute atomic E-state index is 0.247. The topological polar surface area (TPSA) is 99.4 Å². The van der Waals surface area contributed by atoms with E-state index in [0.29, 0.717) is 30.0 Å². The average Bonchev–Trinajstić information content (AvgIpc) is 3.15. The second-order valence-electron chi connectivity index (χ2n) is 4.71. The number of hydrogen-bond donors (Lipinski definition) is 1. The molecular formula is C13H14N4O4. The average molecular weight is 290 g/mol. The lowest BCUT2D eigenvalue weighted by Gasteiger charge is -2.10. The van der Waals surface area contributed by atoms with Gasteiger partial charge in [-0.25, -0.2) is 9.48 Å². The molecule has 1 N–H and O–H groups in total. The molecule has 2 atom stereocenters. The van der Waals surface area contributed by atoms with Crippen LogP contribution in [-0.4, -0.2) is 57.5 Å². The number of carbonyl (C=O) groups is 1. The van der Waals surface area contributed by atoms with Crippen molar-refractivity contribution in [3.8, 4) is 11.3 Å². The van der Waals surface area contributed by atoms with E-state index in [4.69, 9.17) is 4.74 Å². The Balaban J connectivity index is 1.88. The van der Waals surface area contributed by atoms with E-state index in [0.717, 1.165) is 0 Å². The molecule has 0 aromatic carbocycles. The summed E-state index contributed by atoms with van der Waals surface area (Å²) in [7, 11) is 1.31. The summed E-state index contributed by atoms with van der Waals surface area (Å²) < 4.78 is 11.4. The summed E-state index contributed by atoms with van der Waals surface area (Å²) in [6, 6.07) is 1.39. The first kappa shape index (κ1) is 13.7. The Kier molecular flexibility index (Phi) is 3.63. The molecule has 8 heteroatoms. The van der Waals surface area contributed by atoms with Gasteiger partial charge in [-0.3, -0.25) is 4.98 Å². The summed E-state index contributed by atoms with van der Waals surface area (Å²) >= 11 is 0. The molecule has 21 heavy (non-hydrogen) atoms. The molecule has 0 saturated carbocycles. The van der Waals surface area contributed by atoms with Crippen molar-refractivity contribution in [1.82, 2.24) is 20.0 Å². The fraction of sp³-hybridized carbons (Fsp3) is 0.385. The molecule has 2 aromatic rings. The van der Waals surface area contributed by atoms with E-state index in [9.17, 15) is 9.90 Å². The maximum Gasteiger partial charge on any atom is 0.339 e. The lowest BCUT2D eigenvalue weighted by atomic mass is 10.1. The number of nitrogens with zero attached hydrogens (tertiary/aromatic N) is 4. The summed E-state index contributed by atoms with van der Waals surface area (Å²) in [5, 5.41) is 17.8. The first-order valence-corrected chi connectivity index (χ1v) is 6.40. The molecule has 110 valence electrons. The van der Waals surface area contributed by atoms with Crippen molar-refractivity contribution in [3.05, 3.63) is 30.2 Å². The number of aliphatic hydroxyl groups excluding tert-OH is 1. The molecule has 3 heterocycles. The first-order valence-electron chi connectivity index (χ1n) is 6.40. The van der Waals surface area contributed by atoms with Gasteiger partial charge in [-0.15, -0.1) is 5.10 Å². The van der Waals surface area contributed by atoms with Crippen molar-refractivity contribution in [2.45, 2.75) is 12.1 Å². The second-order valence-corrected chi connectivity index (χ2v) is 4.71. The maximum absolute atomic E-state index is 11.5. The van der Waals surface area contributed by atoms with Gasteiger partial charge in [-0.05, 0) is 6.07 Å². The van der Waals surface area contributed by atoms with Crippen LogP contribution in [0.15, 0.2) is 24.7 Å². The van der Waals surface area contributed by atoms with E-state index in [1.54, 1.807) is 23.1 Å². The molecule has 2 aromatic heterocycles. The largest absolute Gasteiger partial charge is 0.465 e. The monoisotopic (exact) mass is 290 g/mol. The molecule has 1 fully saturated rings. The second kappa shape index (κ2) is 5.58. The molecule has 0 bridgehead atoms. The van der Waals surface area contributed by atoms with Crippen molar-refractivity contribution in [2.24, 2.45) is 0 Å². The van der Waals surface area contributed by atoms with Crippen LogP contribution in [0.2, 0.25) is 0 Å². The van der Waals surface area contributed by atoms with Gasteiger partial charge >= 0.3 is 5.97 Å². The highest BCUT2D eigenvalue weighted by molar-refractivity contribution is 5.90. The lowest BCUT2D eigenvalue weighted by molar-refractivity contribution is 0.0600. The Morgan fingerprint density at radius 2 is 2.33 bits per heavy atom. The molecule has 1 aliphatic heterocycles. The SMILES string of the molecule is COC(=O)c1cncc(-c2cn([C@@H]3COC[C@H]3O)nn2)c1. The quantitative estimate of drug-likeness (QED) is 0.798. The molecule has 3 rings (SSSR count). The van der Waals surface area contributed by atoms with Gasteiger partial charge in [-0.2, -0.15) is 0 Å². The van der Waals surface area contributed by atoms with Gasteiger partial charge in [0.2, 0.25) is 0 Å². The van der Waals surface area contributed by atoms with Gasteiger partial charge in [0.25, 0.3) is 0 Å². The Labute approximate surface area is 120 Å². The van der Waals surface area contributed by atoms with Crippen molar-refractivity contribution in [2.75, 3.05) is 20.3 Å². The predicted octanol–water partition coefficient (Wildman–Crippen LogP) is 0.0589. The van der Waals surface area contributed by atoms with E-state index in [1.165, 1.54) is 13.3 Å². The van der Waals surface area contributed by atoms with E-state index in [-0.39, 0.29) is 6.04 Å². The number of methoxy groups -OCH3 is 1. The number of ether oxygens (including phenoxy) is 2. The van der Waals surface area contributed by atoms with Crippen molar-refractivity contribution < 1.29 is 19.4 Å². The zero-order chi connectivity index (χ0) is 14.8. The Hall–Kier alpha value is -2.32. The van der Waals surface area contributed by atoms with Crippen LogP contribution in [-0.2, 0) is 9.47 Å². The summed E-state index contributed by atoms with van der Waals surface area (Å²) in [6.07, 6.45) is 4.11. The van der Waals surface area contributed by atoms with Gasteiger partial charge < -0.3 is 14.6 Å². The highest BCUT2D eigenvalue weighted by Gasteiger charge is 2.29. The first-order chi connectivity index (χ1) is 10.2. The van der Waals surface area contributed by atoms with E-state index >= 15 is 0 Å². The van der Waals surface area contributed by atoms with E-state index in [1.807, 2.05) is 0 Å². The minimum atomic E-state index is -0.598. The van der Waals surface area contributed by atoms with Crippen LogP contribution in [0.1, 0.15) is 16.4 Å². The lowest BCUT2D eigenvalue weighted by Crippen LogP contribution is -2.22. The van der Waals surface area contributed by atoms with Crippen LogP contribution in [0.3, 0.4) is 0 Å². The molecule has 0 spiro atoms. The van der Waals surface area contributed by atoms with Gasteiger partial charge in [0.05, 0.1) is 32.1 Å². The fourth-order valence-electron chi connectivity index (χ4n) is 2.16. The summed E-state index contributed by atoms with van der Waals surface area (Å²) in [5.41, 5.74) is 1.55. The highest BCUT2D eigenvalue weighted by atomic mass is 16.5. The molecule has 8 nitrogen and oxygen atoms in total. The summed E-state index contributed by atoms with van der Waals surface area (Å²) in [4.78, 5) is 15.5. The number of pyridine rings is 1. The minimum Gasteiger partial charge on any atom is -0.465 e. The van der Waals surface area contributed by atoms with Crippen molar-refractivity contribution >= 4 is 5.97 Å². The zero-order valence-electron chi connectivity index (χ0n) is 11.3. The number of hydrogen-bond acceptors (Lipinski definition) is 7. The third kappa shape index (κ3) is 2.63. The fourth-order valence-corrected chi connectivity index (χ4v) is 2.16. The maximum atomic E-state index is 11.5. The predicted molar refractivity (Wildman–Crippen MR) is 70.5 cm³/mol. The van der Waals surface area contributed by atoms with Gasteiger partial charge in [0.1, 0.15) is 17.8 Å². The van der Waals surface area contributed by atoms with Gasteiger partial charge in [0, 0.05) is 18.0 Å². The number of esters is 1. The van der Waals surface area contributed by atoms with Crippen LogP contribution < -0.4 is 0 Å². The number of aliphatic hydroxyl groups is 1. The number of carbonyl (C=O) groups excluding carboxylic acids is 1. The standard InChI is InChI=1S/C13H14N4O4/c1-20-13(19)9-2-8(3-14-4-9)10-5-17(16-15-10)11-6-21-7-12(11)18/h2-5,11-12,18H,6-7H2,1H3/t11-,12-/m1/s1. The number of aromatic nitrogens is 4. The van der Waals surface area contributed by atoms with Crippen LogP contribution in [0.25, 0.3) is 11.3 Å². The van der Waals surface area contributed by atoms with Crippen LogP contribution in [0.4, 0.5) is 0 Å². The third-order valence-corrected chi connectivity index (χ3v) is 3.33. The molecular weight excluding hydrogens is 276 g/mol. The molecule has 1 aliphatic rings. The Bertz CT molecular complexity index is 657. The van der Waals surface area contributed by atoms with Crippen molar-refractivity contribution in [3.63, 3.8) is 0 Å². The van der Waals surface area contributed by atoms with Crippen molar-refractivity contribution in [1.29, 1.82) is 0 Å². The van der Waals surface area contributed by atoms with Crippen LogP contribution >= 0.6 is 0 Å². The highest BCUT2D eigenvalue weighted by Crippen LogP contribution is 2.22. The Morgan fingerprint density at radius 3 is 3.05 bits per heavy atom.